The summed E-state index contributed by atoms with van der Waals surface area (Å²) < 4.78 is 0. The Morgan fingerprint density at radius 2 is 2.40 bits per heavy atom. The minimum Gasteiger partial charge on any atom is -0.326 e. The summed E-state index contributed by atoms with van der Waals surface area (Å²) in [6.45, 7) is 4.62. The van der Waals surface area contributed by atoms with Gasteiger partial charge in [0.1, 0.15) is 11.0 Å². The van der Waals surface area contributed by atoms with Crippen LogP contribution in [0.3, 0.4) is 0 Å². The highest BCUT2D eigenvalue weighted by Gasteiger charge is 2.19. The van der Waals surface area contributed by atoms with E-state index in [-0.39, 0.29) is 0 Å². The fourth-order valence-electron chi connectivity index (χ4n) is 1.87. The zero-order valence-electron chi connectivity index (χ0n) is 8.78. The average Bonchev–Trinajstić information content (AvgIpc) is 2.49. The quantitative estimate of drug-likeness (QED) is 0.764. The Bertz CT molecular complexity index is 335. The van der Waals surface area contributed by atoms with E-state index in [1.54, 1.807) is 6.07 Å². The molecule has 2 N–H and O–H groups in total. The molecule has 2 rings (SSSR count). The van der Waals surface area contributed by atoms with Crippen LogP contribution in [0.25, 0.3) is 0 Å². The van der Waals surface area contributed by atoms with Crippen molar-refractivity contribution in [3.05, 3.63) is 22.7 Å². The average molecular weight is 227 g/mol. The first-order valence-corrected chi connectivity index (χ1v) is 5.49. The van der Waals surface area contributed by atoms with E-state index in [2.05, 4.69) is 14.9 Å². The molecule has 1 saturated heterocycles. The van der Waals surface area contributed by atoms with Gasteiger partial charge in [-0.25, -0.2) is 9.97 Å². The predicted octanol–water partition coefficient (Wildman–Crippen LogP) is 0.971. The van der Waals surface area contributed by atoms with Gasteiger partial charge < -0.3 is 5.73 Å². The number of halogens is 1. The fraction of sp³-hybridized carbons (Fsp3) is 0.600. The summed E-state index contributed by atoms with van der Waals surface area (Å²) in [5.41, 5.74) is 6.74. The van der Waals surface area contributed by atoms with Crippen LogP contribution in [0.2, 0.25) is 5.15 Å². The monoisotopic (exact) mass is 226 g/mol. The van der Waals surface area contributed by atoms with Crippen LogP contribution in [-0.2, 0) is 6.54 Å². The molecule has 0 bridgehead atoms. The van der Waals surface area contributed by atoms with Crippen molar-refractivity contribution in [2.45, 2.75) is 25.9 Å². The predicted molar refractivity (Wildman–Crippen MR) is 59.6 cm³/mol. The van der Waals surface area contributed by atoms with Crippen LogP contribution >= 0.6 is 11.6 Å². The van der Waals surface area contributed by atoms with Gasteiger partial charge in [0.2, 0.25) is 0 Å². The van der Waals surface area contributed by atoms with Gasteiger partial charge in [-0.2, -0.15) is 0 Å². The van der Waals surface area contributed by atoms with Gasteiger partial charge in [0.25, 0.3) is 0 Å². The van der Waals surface area contributed by atoms with Crippen LogP contribution < -0.4 is 5.73 Å². The number of likely N-dealkylation sites (tertiary alicyclic amines) is 1. The highest BCUT2D eigenvalue weighted by molar-refractivity contribution is 6.29. The Hall–Kier alpha value is -0.710. The second kappa shape index (κ2) is 4.43. The van der Waals surface area contributed by atoms with Crippen molar-refractivity contribution in [2.24, 2.45) is 5.73 Å². The maximum Gasteiger partial charge on any atom is 0.144 e. The van der Waals surface area contributed by atoms with E-state index < -0.39 is 0 Å². The van der Waals surface area contributed by atoms with Gasteiger partial charge in [0.15, 0.2) is 0 Å². The molecule has 1 aliphatic rings. The lowest BCUT2D eigenvalue weighted by Crippen LogP contribution is -2.27. The number of aryl methyl sites for hydroxylation is 1. The molecule has 2 heterocycles. The third-order valence-electron chi connectivity index (χ3n) is 2.54. The molecule has 1 aromatic rings. The van der Waals surface area contributed by atoms with Crippen molar-refractivity contribution in [2.75, 3.05) is 13.1 Å². The molecule has 82 valence electrons. The van der Waals surface area contributed by atoms with Gasteiger partial charge in [-0.1, -0.05) is 11.6 Å². The Morgan fingerprint density at radius 1 is 1.60 bits per heavy atom. The molecule has 1 fully saturated rings. The van der Waals surface area contributed by atoms with Gasteiger partial charge in [-0.3, -0.25) is 4.90 Å². The van der Waals surface area contributed by atoms with Gasteiger partial charge in [-0.05, 0) is 19.4 Å². The van der Waals surface area contributed by atoms with Crippen LogP contribution in [0, 0.1) is 6.92 Å². The Morgan fingerprint density at radius 3 is 3.00 bits per heavy atom. The Balaban J connectivity index is 2.04. The second-order valence-corrected chi connectivity index (χ2v) is 4.42. The molecular weight excluding hydrogens is 212 g/mol. The molecule has 1 atom stereocenters. The van der Waals surface area contributed by atoms with E-state index in [1.807, 2.05) is 6.92 Å². The van der Waals surface area contributed by atoms with E-state index in [4.69, 9.17) is 17.3 Å². The lowest BCUT2D eigenvalue weighted by atomic mass is 10.3. The van der Waals surface area contributed by atoms with Crippen LogP contribution in [0.5, 0.6) is 0 Å². The molecule has 5 heteroatoms. The lowest BCUT2D eigenvalue weighted by molar-refractivity contribution is 0.318. The number of hydrogen-bond acceptors (Lipinski definition) is 4. The molecule has 1 aliphatic heterocycles. The second-order valence-electron chi connectivity index (χ2n) is 4.03. The summed E-state index contributed by atoms with van der Waals surface area (Å²) >= 11 is 5.87. The Labute approximate surface area is 94.5 Å². The molecule has 0 saturated carbocycles. The van der Waals surface area contributed by atoms with Crippen molar-refractivity contribution in [1.29, 1.82) is 0 Å². The number of nitrogens with two attached hydrogens (primary N) is 1. The molecule has 0 unspecified atom stereocenters. The van der Waals surface area contributed by atoms with Crippen LogP contribution in [0.15, 0.2) is 6.07 Å². The topological polar surface area (TPSA) is 55.0 Å². The molecular formula is C10H15ClN4. The van der Waals surface area contributed by atoms with E-state index in [0.29, 0.717) is 11.2 Å². The molecule has 1 aromatic heterocycles. The SMILES string of the molecule is Cc1cc(Cl)nc(CN2CC[C@@H](N)C2)n1. The standard InChI is InChI=1S/C10H15ClN4/c1-7-4-9(11)14-10(13-7)6-15-3-2-8(12)5-15/h4,8H,2-3,5-6,12H2,1H3/t8-/m1/s1. The molecule has 0 spiro atoms. The zero-order chi connectivity index (χ0) is 10.8. The molecule has 0 radical (unpaired) electrons. The summed E-state index contributed by atoms with van der Waals surface area (Å²) in [7, 11) is 0. The van der Waals surface area contributed by atoms with Gasteiger partial charge in [0, 0.05) is 24.8 Å². The summed E-state index contributed by atoms with van der Waals surface area (Å²) in [6, 6.07) is 2.06. The Kier molecular flexibility index (Phi) is 3.19. The summed E-state index contributed by atoms with van der Waals surface area (Å²) in [4.78, 5) is 10.8. The normalized spacial score (nSPS) is 22.2. The van der Waals surface area contributed by atoms with Crippen LogP contribution in [-0.4, -0.2) is 34.0 Å². The highest BCUT2D eigenvalue weighted by Crippen LogP contribution is 2.12. The maximum atomic E-state index is 5.87. The molecule has 15 heavy (non-hydrogen) atoms. The number of rotatable bonds is 2. The first kappa shape index (κ1) is 10.8. The first-order valence-electron chi connectivity index (χ1n) is 5.11. The maximum absolute atomic E-state index is 5.87. The third kappa shape index (κ3) is 2.87. The summed E-state index contributed by atoms with van der Waals surface area (Å²) in [5.74, 6) is 0.786. The molecule has 0 aliphatic carbocycles. The minimum absolute atomic E-state index is 0.297. The van der Waals surface area contributed by atoms with Gasteiger partial charge >= 0.3 is 0 Å². The van der Waals surface area contributed by atoms with E-state index in [9.17, 15) is 0 Å². The smallest absolute Gasteiger partial charge is 0.144 e. The fourth-order valence-corrected chi connectivity index (χ4v) is 2.12. The van der Waals surface area contributed by atoms with E-state index >= 15 is 0 Å². The molecule has 4 nitrogen and oxygen atoms in total. The summed E-state index contributed by atoms with van der Waals surface area (Å²) in [5, 5.41) is 0.515. The van der Waals surface area contributed by atoms with Crippen LogP contribution in [0.4, 0.5) is 0 Å². The van der Waals surface area contributed by atoms with Crippen molar-refractivity contribution in [1.82, 2.24) is 14.9 Å². The molecule has 0 aromatic carbocycles. The lowest BCUT2D eigenvalue weighted by Gasteiger charge is -2.13. The first-order chi connectivity index (χ1) is 7.13. The van der Waals surface area contributed by atoms with Crippen molar-refractivity contribution >= 4 is 11.6 Å². The van der Waals surface area contributed by atoms with E-state index in [1.165, 1.54) is 0 Å². The number of nitrogens with zero attached hydrogens (tertiary/aromatic N) is 3. The zero-order valence-corrected chi connectivity index (χ0v) is 9.54. The van der Waals surface area contributed by atoms with Crippen LogP contribution in [0.1, 0.15) is 17.9 Å². The van der Waals surface area contributed by atoms with Crippen molar-refractivity contribution in [3.8, 4) is 0 Å². The molecule has 0 amide bonds. The van der Waals surface area contributed by atoms with Crippen molar-refractivity contribution < 1.29 is 0 Å². The van der Waals surface area contributed by atoms with Gasteiger partial charge in [0.05, 0.1) is 6.54 Å². The van der Waals surface area contributed by atoms with E-state index in [0.717, 1.165) is 37.6 Å². The number of hydrogen-bond donors (Lipinski definition) is 1. The summed E-state index contributed by atoms with van der Waals surface area (Å²) in [6.07, 6.45) is 1.06. The largest absolute Gasteiger partial charge is 0.326 e. The minimum atomic E-state index is 0.297. The highest BCUT2D eigenvalue weighted by atomic mass is 35.5. The third-order valence-corrected chi connectivity index (χ3v) is 2.74. The van der Waals surface area contributed by atoms with Crippen molar-refractivity contribution in [3.63, 3.8) is 0 Å². The van der Waals surface area contributed by atoms with Gasteiger partial charge in [-0.15, -0.1) is 0 Å². The number of aromatic nitrogens is 2.